The van der Waals surface area contributed by atoms with Crippen molar-refractivity contribution in [3.8, 4) is 0 Å². The number of ketones is 1. The Bertz CT molecular complexity index is 653. The summed E-state index contributed by atoms with van der Waals surface area (Å²) in [7, 11) is 0. The minimum atomic E-state index is -0.488. The molecule has 0 spiro atoms. The minimum Gasteiger partial charge on any atom is -0.313 e. The second-order valence-electron chi connectivity index (χ2n) is 4.94. The number of benzene rings is 1. The Balaban J connectivity index is 1.98. The van der Waals surface area contributed by atoms with E-state index in [4.69, 9.17) is 0 Å². The predicted octanol–water partition coefficient (Wildman–Crippen LogP) is 0.885. The van der Waals surface area contributed by atoms with Gasteiger partial charge < -0.3 is 5.32 Å². The van der Waals surface area contributed by atoms with Gasteiger partial charge in [-0.15, -0.1) is 0 Å². The quantitative estimate of drug-likeness (QED) is 0.672. The molecule has 0 aliphatic carbocycles. The molecule has 0 amide bonds. The van der Waals surface area contributed by atoms with Crippen molar-refractivity contribution >= 4 is 5.78 Å². The Morgan fingerprint density at radius 1 is 1.10 bits per heavy atom. The standard InChI is InChI=1S/C16H17FN3O/c17-14-6-2-1-5-13(14)16(21)15-7-3-4-10-20(15)19-11-8-18-9-12-19/h1-7,10,18H,8-9,11-12H2/q+1. The largest absolute Gasteiger partial charge is 0.313 e. The average molecular weight is 286 g/mol. The highest BCUT2D eigenvalue weighted by Crippen LogP contribution is 2.11. The number of hydrogen-bond acceptors (Lipinski definition) is 3. The summed E-state index contributed by atoms with van der Waals surface area (Å²) < 4.78 is 15.7. The van der Waals surface area contributed by atoms with Crippen molar-refractivity contribution in [3.63, 3.8) is 0 Å². The second kappa shape index (κ2) is 6.01. The van der Waals surface area contributed by atoms with Gasteiger partial charge in [0.1, 0.15) is 5.82 Å². The van der Waals surface area contributed by atoms with Gasteiger partial charge >= 0.3 is 0 Å². The first-order valence-corrected chi connectivity index (χ1v) is 7.03. The summed E-state index contributed by atoms with van der Waals surface area (Å²) in [5.41, 5.74) is 0.581. The molecule has 1 saturated heterocycles. The Hall–Kier alpha value is -2.27. The van der Waals surface area contributed by atoms with Crippen LogP contribution >= 0.6 is 0 Å². The number of carbonyl (C=O) groups excluding carboxylic acids is 1. The Morgan fingerprint density at radius 3 is 2.57 bits per heavy atom. The van der Waals surface area contributed by atoms with Gasteiger partial charge in [-0.2, -0.15) is 5.01 Å². The molecule has 0 unspecified atom stereocenters. The van der Waals surface area contributed by atoms with Crippen LogP contribution in [0.5, 0.6) is 0 Å². The van der Waals surface area contributed by atoms with Crippen LogP contribution in [0, 0.1) is 5.82 Å². The number of hydrogen-bond donors (Lipinski definition) is 1. The van der Waals surface area contributed by atoms with E-state index in [2.05, 4.69) is 10.3 Å². The van der Waals surface area contributed by atoms with Crippen LogP contribution in [0.2, 0.25) is 0 Å². The lowest BCUT2D eigenvalue weighted by Gasteiger charge is -2.24. The van der Waals surface area contributed by atoms with Crippen LogP contribution in [0.1, 0.15) is 16.1 Å². The SMILES string of the molecule is O=C(c1ccccc1F)c1cccc[n+]1N1CCNCC1. The van der Waals surface area contributed by atoms with Crippen molar-refractivity contribution in [2.45, 2.75) is 0 Å². The number of piperazine rings is 1. The maximum Gasteiger partial charge on any atom is 0.283 e. The third-order valence-corrected chi connectivity index (χ3v) is 3.59. The van der Waals surface area contributed by atoms with Gasteiger partial charge in [0.25, 0.3) is 11.5 Å². The van der Waals surface area contributed by atoms with Crippen LogP contribution < -0.4 is 15.0 Å². The first-order valence-electron chi connectivity index (χ1n) is 7.03. The van der Waals surface area contributed by atoms with Gasteiger partial charge in [0.2, 0.25) is 0 Å². The van der Waals surface area contributed by atoms with Crippen LogP contribution in [0.4, 0.5) is 4.39 Å². The molecule has 0 radical (unpaired) electrons. The molecule has 0 saturated carbocycles. The molecule has 4 nitrogen and oxygen atoms in total. The van der Waals surface area contributed by atoms with E-state index < -0.39 is 5.82 Å². The topological polar surface area (TPSA) is 36.2 Å². The summed E-state index contributed by atoms with van der Waals surface area (Å²) in [6, 6.07) is 11.5. The molecule has 2 heterocycles. The third kappa shape index (κ3) is 2.78. The van der Waals surface area contributed by atoms with Crippen molar-refractivity contribution in [1.82, 2.24) is 5.32 Å². The number of pyridine rings is 1. The molecule has 1 aromatic heterocycles. The molecule has 0 atom stereocenters. The van der Waals surface area contributed by atoms with E-state index in [1.807, 2.05) is 16.9 Å². The first-order chi connectivity index (χ1) is 10.3. The number of aromatic nitrogens is 1. The fraction of sp³-hybridized carbons (Fsp3) is 0.250. The molecule has 2 aromatic rings. The third-order valence-electron chi connectivity index (χ3n) is 3.59. The van der Waals surface area contributed by atoms with Crippen LogP contribution in [0.25, 0.3) is 0 Å². The molecule has 1 fully saturated rings. The summed E-state index contributed by atoms with van der Waals surface area (Å²) >= 11 is 0. The number of rotatable bonds is 3. The van der Waals surface area contributed by atoms with Crippen LogP contribution in [-0.2, 0) is 0 Å². The summed E-state index contributed by atoms with van der Waals surface area (Å²) in [6.07, 6.45) is 1.85. The molecule has 1 aliphatic heterocycles. The van der Waals surface area contributed by atoms with E-state index in [1.165, 1.54) is 12.1 Å². The van der Waals surface area contributed by atoms with E-state index in [1.54, 1.807) is 24.3 Å². The highest BCUT2D eigenvalue weighted by Gasteiger charge is 2.27. The monoisotopic (exact) mass is 286 g/mol. The van der Waals surface area contributed by atoms with E-state index in [-0.39, 0.29) is 11.3 Å². The summed E-state index contributed by atoms with van der Waals surface area (Å²) in [5.74, 6) is -0.787. The summed E-state index contributed by atoms with van der Waals surface area (Å²) in [4.78, 5) is 12.6. The molecular formula is C16H17FN3O+. The zero-order valence-electron chi connectivity index (χ0n) is 11.6. The molecule has 1 aliphatic rings. The number of nitrogens with one attached hydrogen (secondary N) is 1. The fourth-order valence-corrected chi connectivity index (χ4v) is 2.51. The summed E-state index contributed by atoms with van der Waals surface area (Å²) in [5, 5.41) is 5.36. The van der Waals surface area contributed by atoms with Crippen LogP contribution in [-0.4, -0.2) is 32.0 Å². The molecule has 1 aromatic carbocycles. The smallest absolute Gasteiger partial charge is 0.283 e. The van der Waals surface area contributed by atoms with Gasteiger partial charge in [0.05, 0.1) is 18.7 Å². The number of halogens is 1. The average Bonchev–Trinajstić information content (AvgIpc) is 2.55. The van der Waals surface area contributed by atoms with Gasteiger partial charge in [0.15, 0.2) is 6.20 Å². The van der Waals surface area contributed by atoms with E-state index in [9.17, 15) is 9.18 Å². The van der Waals surface area contributed by atoms with Crippen molar-refractivity contribution in [3.05, 3.63) is 65.7 Å². The molecular weight excluding hydrogens is 269 g/mol. The zero-order chi connectivity index (χ0) is 14.7. The van der Waals surface area contributed by atoms with Gasteiger partial charge in [-0.3, -0.25) is 4.79 Å². The Morgan fingerprint density at radius 2 is 1.81 bits per heavy atom. The summed E-state index contributed by atoms with van der Waals surface area (Å²) in [6.45, 7) is 3.36. The van der Waals surface area contributed by atoms with Gasteiger partial charge in [-0.25, -0.2) is 4.39 Å². The van der Waals surface area contributed by atoms with Gasteiger partial charge in [-0.05, 0) is 18.2 Å². The van der Waals surface area contributed by atoms with Crippen molar-refractivity contribution < 1.29 is 13.9 Å². The van der Waals surface area contributed by atoms with Crippen molar-refractivity contribution in [2.75, 3.05) is 31.2 Å². The zero-order valence-corrected chi connectivity index (χ0v) is 11.6. The molecule has 3 rings (SSSR count). The molecule has 108 valence electrons. The van der Waals surface area contributed by atoms with Crippen molar-refractivity contribution in [2.24, 2.45) is 0 Å². The van der Waals surface area contributed by atoms with E-state index in [0.717, 1.165) is 26.2 Å². The van der Waals surface area contributed by atoms with E-state index in [0.29, 0.717) is 5.69 Å². The number of nitrogens with zero attached hydrogens (tertiary/aromatic N) is 2. The maximum absolute atomic E-state index is 13.8. The van der Waals surface area contributed by atoms with Crippen LogP contribution in [0.3, 0.4) is 0 Å². The number of carbonyl (C=O) groups is 1. The molecule has 0 bridgehead atoms. The van der Waals surface area contributed by atoms with Crippen LogP contribution in [0.15, 0.2) is 48.7 Å². The van der Waals surface area contributed by atoms with Crippen molar-refractivity contribution in [1.29, 1.82) is 0 Å². The minimum absolute atomic E-state index is 0.104. The Labute approximate surface area is 122 Å². The highest BCUT2D eigenvalue weighted by atomic mass is 19.1. The molecule has 1 N–H and O–H groups in total. The van der Waals surface area contributed by atoms with Gasteiger partial charge in [0, 0.05) is 25.2 Å². The van der Waals surface area contributed by atoms with E-state index >= 15 is 0 Å². The second-order valence-corrected chi connectivity index (χ2v) is 4.94. The Kier molecular flexibility index (Phi) is 3.92. The van der Waals surface area contributed by atoms with Gasteiger partial charge in [-0.1, -0.05) is 16.8 Å². The first kappa shape index (κ1) is 13.7. The highest BCUT2D eigenvalue weighted by molar-refractivity contribution is 6.06. The maximum atomic E-state index is 13.8. The lowest BCUT2D eigenvalue weighted by molar-refractivity contribution is -0.695. The normalized spacial score (nSPS) is 15.0. The lowest BCUT2D eigenvalue weighted by Crippen LogP contribution is -2.66. The molecule has 21 heavy (non-hydrogen) atoms. The lowest BCUT2D eigenvalue weighted by atomic mass is 10.1. The fourth-order valence-electron chi connectivity index (χ4n) is 2.51. The predicted molar refractivity (Wildman–Crippen MR) is 77.3 cm³/mol. The molecule has 5 heteroatoms.